The van der Waals surface area contributed by atoms with Gasteiger partial charge < -0.3 is 18.9 Å². The Morgan fingerprint density at radius 3 is 1.70 bits per heavy atom. The van der Waals surface area contributed by atoms with Crippen molar-refractivity contribution in [1.82, 2.24) is 0 Å². The van der Waals surface area contributed by atoms with Gasteiger partial charge >= 0.3 is 0 Å². The molecule has 0 saturated carbocycles. The summed E-state index contributed by atoms with van der Waals surface area (Å²) in [6, 6.07) is 0. The number of rotatable bonds is 26. The van der Waals surface area contributed by atoms with E-state index in [2.05, 4.69) is 27.7 Å². The van der Waals surface area contributed by atoms with Gasteiger partial charge in [-0.1, -0.05) is 85.5 Å². The quantitative estimate of drug-likeness (QED) is 0.0694. The minimum Gasteiger partial charge on any atom is -0.372 e. The van der Waals surface area contributed by atoms with E-state index in [0.29, 0.717) is 12.0 Å². The molecule has 2 atom stereocenters. The summed E-state index contributed by atoms with van der Waals surface area (Å²) in [7, 11) is 0. The lowest BCUT2D eigenvalue weighted by atomic mass is 9.93. The number of hydrogen-bond acceptors (Lipinski definition) is 5. The van der Waals surface area contributed by atoms with E-state index in [1.165, 1.54) is 50.7 Å². The van der Waals surface area contributed by atoms with Crippen LogP contribution in [0.2, 0.25) is 0 Å². The summed E-state index contributed by atoms with van der Waals surface area (Å²) in [5.41, 5.74) is 0. The molecule has 0 aliphatic carbocycles. The molecule has 0 aromatic rings. The first-order chi connectivity index (χ1) is 16.2. The molecule has 0 aromatic carbocycles. The van der Waals surface area contributed by atoms with Gasteiger partial charge in [0.15, 0.2) is 0 Å². The van der Waals surface area contributed by atoms with Gasteiger partial charge in [-0.15, -0.1) is 0 Å². The lowest BCUT2D eigenvalue weighted by molar-refractivity contribution is -0.407. The lowest BCUT2D eigenvalue weighted by Crippen LogP contribution is -2.47. The summed E-state index contributed by atoms with van der Waals surface area (Å²) >= 11 is 2.03. The van der Waals surface area contributed by atoms with E-state index in [4.69, 9.17) is 18.9 Å². The fourth-order valence-corrected chi connectivity index (χ4v) is 5.03. The third-order valence-corrected chi connectivity index (χ3v) is 7.54. The van der Waals surface area contributed by atoms with Crippen LogP contribution in [0.5, 0.6) is 0 Å². The molecule has 1 rings (SSSR count). The molecule has 33 heavy (non-hydrogen) atoms. The maximum absolute atomic E-state index is 6.56. The van der Waals surface area contributed by atoms with Crippen LogP contribution in [0.3, 0.4) is 0 Å². The standard InChI is InChI=1S/C28H56O4S/c1-5-9-13-14-15-16-18-26(19-17-23-33-25-27-24-29-27)28(30-20-10-6-2,31-21-11-7-3)32-22-12-8-4/h26-27H,5-25H2,1-4H3. The first-order valence-electron chi connectivity index (χ1n) is 14.3. The second-order valence-electron chi connectivity index (χ2n) is 9.64. The van der Waals surface area contributed by atoms with Gasteiger partial charge in [-0.2, -0.15) is 11.8 Å². The topological polar surface area (TPSA) is 40.2 Å². The summed E-state index contributed by atoms with van der Waals surface area (Å²) in [5.74, 6) is 1.75. The van der Waals surface area contributed by atoms with Crippen molar-refractivity contribution in [1.29, 1.82) is 0 Å². The average Bonchev–Trinajstić information content (AvgIpc) is 3.64. The van der Waals surface area contributed by atoms with Gasteiger partial charge in [0.05, 0.1) is 32.5 Å². The zero-order valence-corrected chi connectivity index (χ0v) is 23.4. The normalized spacial score (nSPS) is 16.9. The number of epoxide rings is 1. The lowest BCUT2D eigenvalue weighted by Gasteiger charge is -2.40. The van der Waals surface area contributed by atoms with Crippen LogP contribution in [0.25, 0.3) is 0 Å². The van der Waals surface area contributed by atoms with Gasteiger partial charge in [0.2, 0.25) is 0 Å². The summed E-state index contributed by atoms with van der Waals surface area (Å²) in [4.78, 5) is 0. The molecule has 1 aliphatic heterocycles. The fraction of sp³-hybridized carbons (Fsp3) is 1.00. The largest absolute Gasteiger partial charge is 0.372 e. The van der Waals surface area contributed by atoms with Gasteiger partial charge in [0, 0.05) is 11.7 Å². The van der Waals surface area contributed by atoms with E-state index >= 15 is 0 Å². The van der Waals surface area contributed by atoms with E-state index in [0.717, 1.165) is 83.5 Å². The van der Waals surface area contributed by atoms with Crippen LogP contribution in [0.1, 0.15) is 124 Å². The van der Waals surface area contributed by atoms with E-state index in [1.807, 2.05) is 11.8 Å². The summed E-state index contributed by atoms with van der Waals surface area (Å²) in [6.45, 7) is 12.0. The molecule has 0 aromatic heterocycles. The van der Waals surface area contributed by atoms with E-state index in [-0.39, 0.29) is 0 Å². The van der Waals surface area contributed by atoms with E-state index in [1.54, 1.807) is 0 Å². The molecular formula is C28H56O4S. The maximum Gasteiger partial charge on any atom is 0.285 e. The highest BCUT2D eigenvalue weighted by Gasteiger charge is 2.42. The minimum atomic E-state index is -0.868. The molecule has 0 N–H and O–H groups in total. The molecule has 0 radical (unpaired) electrons. The van der Waals surface area contributed by atoms with Crippen molar-refractivity contribution >= 4 is 11.8 Å². The molecule has 1 fully saturated rings. The second kappa shape index (κ2) is 21.5. The molecule has 1 saturated heterocycles. The molecule has 1 aliphatic rings. The Bertz CT molecular complexity index is 390. The van der Waals surface area contributed by atoms with Crippen molar-refractivity contribution in [3.8, 4) is 0 Å². The predicted octanol–water partition coefficient (Wildman–Crippen LogP) is 8.37. The Morgan fingerprint density at radius 2 is 1.18 bits per heavy atom. The van der Waals surface area contributed by atoms with Gasteiger partial charge in [0.25, 0.3) is 5.97 Å². The SMILES string of the molecule is CCCCCCCCC(CCCSCC1CO1)C(OCCCC)(OCCCC)OCCCC. The maximum atomic E-state index is 6.56. The van der Waals surface area contributed by atoms with Crippen LogP contribution < -0.4 is 0 Å². The van der Waals surface area contributed by atoms with Crippen molar-refractivity contribution < 1.29 is 18.9 Å². The molecule has 0 spiro atoms. The number of thioether (sulfide) groups is 1. The highest BCUT2D eigenvalue weighted by atomic mass is 32.2. The summed E-state index contributed by atoms with van der Waals surface area (Å²) in [5, 5.41) is 0. The third kappa shape index (κ3) is 15.7. The number of hydrogen-bond donors (Lipinski definition) is 0. The monoisotopic (exact) mass is 488 g/mol. The van der Waals surface area contributed by atoms with Crippen molar-refractivity contribution in [2.45, 2.75) is 136 Å². The Hall–Kier alpha value is 0.190. The van der Waals surface area contributed by atoms with Crippen LogP contribution in [0.15, 0.2) is 0 Å². The highest BCUT2D eigenvalue weighted by molar-refractivity contribution is 7.99. The van der Waals surface area contributed by atoms with Gasteiger partial charge in [0.1, 0.15) is 0 Å². The summed E-state index contributed by atoms with van der Waals surface area (Å²) in [6.07, 6.45) is 18.4. The molecule has 1 heterocycles. The molecule has 0 bridgehead atoms. The Labute approximate surface area is 210 Å². The zero-order chi connectivity index (χ0) is 24.0. The second-order valence-corrected chi connectivity index (χ2v) is 10.8. The van der Waals surface area contributed by atoms with Crippen LogP contribution in [-0.2, 0) is 18.9 Å². The van der Waals surface area contributed by atoms with Gasteiger partial charge in [-0.05, 0) is 44.3 Å². The summed E-state index contributed by atoms with van der Waals surface area (Å²) < 4.78 is 25.0. The Morgan fingerprint density at radius 1 is 0.697 bits per heavy atom. The molecule has 5 heteroatoms. The van der Waals surface area contributed by atoms with Crippen molar-refractivity contribution in [3.05, 3.63) is 0 Å². The van der Waals surface area contributed by atoms with E-state index in [9.17, 15) is 0 Å². The zero-order valence-electron chi connectivity index (χ0n) is 22.5. The molecular weight excluding hydrogens is 432 g/mol. The van der Waals surface area contributed by atoms with Crippen molar-refractivity contribution in [3.63, 3.8) is 0 Å². The number of unbranched alkanes of at least 4 members (excludes halogenated alkanes) is 8. The van der Waals surface area contributed by atoms with E-state index < -0.39 is 5.97 Å². The molecule has 2 unspecified atom stereocenters. The smallest absolute Gasteiger partial charge is 0.285 e. The van der Waals surface area contributed by atoms with Crippen LogP contribution in [-0.4, -0.2) is 50.0 Å². The molecule has 4 nitrogen and oxygen atoms in total. The van der Waals surface area contributed by atoms with Crippen LogP contribution in [0, 0.1) is 5.92 Å². The van der Waals surface area contributed by atoms with Crippen molar-refractivity contribution in [2.75, 3.05) is 37.9 Å². The molecule has 0 amide bonds. The Balaban J connectivity index is 2.80. The minimum absolute atomic E-state index is 0.298. The van der Waals surface area contributed by atoms with Crippen LogP contribution in [0.4, 0.5) is 0 Å². The Kier molecular flexibility index (Phi) is 20.3. The predicted molar refractivity (Wildman–Crippen MR) is 143 cm³/mol. The average molecular weight is 489 g/mol. The number of ether oxygens (including phenoxy) is 4. The highest BCUT2D eigenvalue weighted by Crippen LogP contribution is 2.35. The first-order valence-corrected chi connectivity index (χ1v) is 15.5. The third-order valence-electron chi connectivity index (χ3n) is 6.36. The van der Waals surface area contributed by atoms with Gasteiger partial charge in [-0.3, -0.25) is 0 Å². The molecule has 198 valence electrons. The fourth-order valence-electron chi connectivity index (χ4n) is 4.03. The van der Waals surface area contributed by atoms with Gasteiger partial charge in [-0.25, -0.2) is 0 Å². The first kappa shape index (κ1) is 31.2. The van der Waals surface area contributed by atoms with Crippen LogP contribution >= 0.6 is 11.8 Å². The van der Waals surface area contributed by atoms with Crippen molar-refractivity contribution in [2.24, 2.45) is 5.92 Å².